The minimum Gasteiger partial charge on any atom is -0.341 e. The standard InChI is InChI=1S/C29H27N3O3S/c1-3-31-27-12-8-7-11-25(27)26-19-22(15-18-28(26)31)30-29(33)20-32(23-16-13-21(2)14-17-23)36(34,35)24-9-5-4-6-10-24/h4-19H,3,20H2,1-2H3,(H,30,33). The summed E-state index contributed by atoms with van der Waals surface area (Å²) in [6.45, 7) is 4.51. The maximum Gasteiger partial charge on any atom is 0.264 e. The highest BCUT2D eigenvalue weighted by molar-refractivity contribution is 7.92. The Morgan fingerprint density at radius 1 is 0.833 bits per heavy atom. The molecule has 0 aliphatic heterocycles. The molecule has 0 saturated carbocycles. The molecule has 0 saturated heterocycles. The molecular weight excluding hydrogens is 470 g/mol. The molecule has 4 aromatic carbocycles. The van der Waals surface area contributed by atoms with Gasteiger partial charge in [-0.1, -0.05) is 54.1 Å². The van der Waals surface area contributed by atoms with Gasteiger partial charge in [-0.3, -0.25) is 9.10 Å². The van der Waals surface area contributed by atoms with E-state index in [1.807, 2.05) is 49.4 Å². The number of nitrogens with zero attached hydrogens (tertiary/aromatic N) is 2. The van der Waals surface area contributed by atoms with E-state index in [9.17, 15) is 13.2 Å². The SMILES string of the molecule is CCn1c2ccccc2c2cc(NC(=O)CN(c3ccc(C)cc3)S(=O)(=O)c3ccccc3)ccc21. The van der Waals surface area contributed by atoms with Crippen molar-refractivity contribution in [3.63, 3.8) is 0 Å². The fraction of sp³-hybridized carbons (Fsp3) is 0.138. The van der Waals surface area contributed by atoms with Crippen molar-refractivity contribution in [2.75, 3.05) is 16.2 Å². The molecule has 1 heterocycles. The number of para-hydroxylation sites is 1. The van der Waals surface area contributed by atoms with Crippen LogP contribution in [-0.4, -0.2) is 25.4 Å². The summed E-state index contributed by atoms with van der Waals surface area (Å²) < 4.78 is 30.4. The summed E-state index contributed by atoms with van der Waals surface area (Å²) in [7, 11) is -3.95. The summed E-state index contributed by atoms with van der Waals surface area (Å²) in [6.07, 6.45) is 0. The van der Waals surface area contributed by atoms with Crippen molar-refractivity contribution < 1.29 is 13.2 Å². The van der Waals surface area contributed by atoms with E-state index in [1.54, 1.807) is 30.3 Å². The van der Waals surface area contributed by atoms with Crippen molar-refractivity contribution in [1.29, 1.82) is 0 Å². The molecule has 7 heteroatoms. The Hall–Kier alpha value is -4.10. The second kappa shape index (κ2) is 9.51. The van der Waals surface area contributed by atoms with E-state index in [0.29, 0.717) is 11.4 Å². The Morgan fingerprint density at radius 2 is 1.50 bits per heavy atom. The molecular formula is C29H27N3O3S. The Morgan fingerprint density at radius 3 is 2.22 bits per heavy atom. The van der Waals surface area contributed by atoms with Crippen LogP contribution in [-0.2, 0) is 21.4 Å². The molecule has 6 nitrogen and oxygen atoms in total. The molecule has 5 rings (SSSR count). The number of nitrogens with one attached hydrogen (secondary N) is 1. The Kier molecular flexibility index (Phi) is 6.24. The lowest BCUT2D eigenvalue weighted by Crippen LogP contribution is -2.38. The van der Waals surface area contributed by atoms with Crippen LogP contribution in [0.4, 0.5) is 11.4 Å². The van der Waals surface area contributed by atoms with Crippen LogP contribution in [0, 0.1) is 6.92 Å². The Balaban J connectivity index is 1.47. The number of anilines is 2. The Labute approximate surface area is 210 Å². The maximum atomic E-state index is 13.5. The molecule has 36 heavy (non-hydrogen) atoms. The van der Waals surface area contributed by atoms with Crippen LogP contribution in [0.3, 0.4) is 0 Å². The molecule has 0 spiro atoms. The van der Waals surface area contributed by atoms with Gasteiger partial charge in [0.2, 0.25) is 5.91 Å². The quantitative estimate of drug-likeness (QED) is 0.302. The number of aromatic nitrogens is 1. The molecule has 0 unspecified atom stereocenters. The second-order valence-corrected chi connectivity index (χ2v) is 10.6. The second-order valence-electron chi connectivity index (χ2n) is 8.70. The van der Waals surface area contributed by atoms with Crippen LogP contribution in [0.5, 0.6) is 0 Å². The zero-order chi connectivity index (χ0) is 25.3. The molecule has 1 aromatic heterocycles. The van der Waals surface area contributed by atoms with Crippen molar-refractivity contribution in [3.8, 4) is 0 Å². The summed E-state index contributed by atoms with van der Waals surface area (Å²) in [4.78, 5) is 13.3. The van der Waals surface area contributed by atoms with E-state index in [-0.39, 0.29) is 11.4 Å². The molecule has 0 aliphatic carbocycles. The highest BCUT2D eigenvalue weighted by Gasteiger charge is 2.27. The minimum absolute atomic E-state index is 0.132. The van der Waals surface area contributed by atoms with Gasteiger partial charge in [0.15, 0.2) is 0 Å². The smallest absolute Gasteiger partial charge is 0.264 e. The third kappa shape index (κ3) is 4.33. The lowest BCUT2D eigenvalue weighted by Gasteiger charge is -2.24. The van der Waals surface area contributed by atoms with Gasteiger partial charge in [0.1, 0.15) is 6.54 Å². The summed E-state index contributed by atoms with van der Waals surface area (Å²) in [5.41, 5.74) is 4.27. The van der Waals surface area contributed by atoms with E-state index in [0.717, 1.165) is 38.2 Å². The van der Waals surface area contributed by atoms with Gasteiger partial charge in [-0.05, 0) is 62.4 Å². The number of sulfonamides is 1. The summed E-state index contributed by atoms with van der Waals surface area (Å²) in [6, 6.07) is 29.2. The van der Waals surface area contributed by atoms with E-state index in [1.165, 1.54) is 12.1 Å². The molecule has 182 valence electrons. The third-order valence-corrected chi connectivity index (χ3v) is 8.10. The zero-order valence-corrected chi connectivity index (χ0v) is 21.0. The third-order valence-electron chi connectivity index (χ3n) is 6.31. The molecule has 0 aliphatic rings. The average Bonchev–Trinajstić information content (AvgIpc) is 3.21. The molecule has 5 aromatic rings. The summed E-state index contributed by atoms with van der Waals surface area (Å²) in [5, 5.41) is 5.06. The van der Waals surface area contributed by atoms with Crippen molar-refractivity contribution in [2.24, 2.45) is 0 Å². The first kappa shape index (κ1) is 23.6. The number of hydrogen-bond donors (Lipinski definition) is 1. The number of amides is 1. The van der Waals surface area contributed by atoms with Crippen LogP contribution in [0.2, 0.25) is 0 Å². The Bertz CT molecular complexity index is 1660. The monoisotopic (exact) mass is 497 g/mol. The van der Waals surface area contributed by atoms with Gasteiger partial charge >= 0.3 is 0 Å². The van der Waals surface area contributed by atoms with E-state index in [2.05, 4.69) is 28.9 Å². The predicted molar refractivity (Wildman–Crippen MR) is 146 cm³/mol. The van der Waals surface area contributed by atoms with Gasteiger partial charge in [0.25, 0.3) is 10.0 Å². The lowest BCUT2D eigenvalue weighted by atomic mass is 10.1. The van der Waals surface area contributed by atoms with Crippen molar-refractivity contribution in [2.45, 2.75) is 25.3 Å². The molecule has 0 fully saturated rings. The van der Waals surface area contributed by atoms with E-state index >= 15 is 0 Å². The lowest BCUT2D eigenvalue weighted by molar-refractivity contribution is -0.114. The van der Waals surface area contributed by atoms with Gasteiger partial charge in [-0.25, -0.2) is 8.42 Å². The van der Waals surface area contributed by atoms with E-state index < -0.39 is 15.9 Å². The highest BCUT2D eigenvalue weighted by atomic mass is 32.2. The first-order chi connectivity index (χ1) is 17.4. The van der Waals surface area contributed by atoms with Gasteiger partial charge in [0.05, 0.1) is 10.6 Å². The fourth-order valence-corrected chi connectivity index (χ4v) is 5.99. The van der Waals surface area contributed by atoms with Crippen LogP contribution in [0.25, 0.3) is 21.8 Å². The van der Waals surface area contributed by atoms with Crippen LogP contribution < -0.4 is 9.62 Å². The normalized spacial score (nSPS) is 11.6. The summed E-state index contributed by atoms with van der Waals surface area (Å²) in [5.74, 6) is -0.423. The van der Waals surface area contributed by atoms with Crippen molar-refractivity contribution in [1.82, 2.24) is 4.57 Å². The molecule has 0 atom stereocenters. The topological polar surface area (TPSA) is 71.4 Å². The number of fused-ring (bicyclic) bond motifs is 3. The molecule has 1 amide bonds. The van der Waals surface area contributed by atoms with Gasteiger partial charge in [-0.2, -0.15) is 0 Å². The molecule has 0 bridgehead atoms. The van der Waals surface area contributed by atoms with Gasteiger partial charge in [0, 0.05) is 34.0 Å². The largest absolute Gasteiger partial charge is 0.341 e. The number of carbonyl (C=O) groups is 1. The number of carbonyl (C=O) groups excluding carboxylic acids is 1. The molecule has 0 radical (unpaired) electrons. The number of rotatable bonds is 7. The average molecular weight is 498 g/mol. The number of aryl methyl sites for hydroxylation is 2. The summed E-state index contributed by atoms with van der Waals surface area (Å²) >= 11 is 0. The van der Waals surface area contributed by atoms with Crippen LogP contribution in [0.15, 0.2) is 102 Å². The predicted octanol–water partition coefficient (Wildman–Crippen LogP) is 5.96. The van der Waals surface area contributed by atoms with E-state index in [4.69, 9.17) is 0 Å². The zero-order valence-electron chi connectivity index (χ0n) is 20.2. The van der Waals surface area contributed by atoms with Gasteiger partial charge < -0.3 is 9.88 Å². The number of benzene rings is 4. The fourth-order valence-electron chi connectivity index (χ4n) is 4.55. The maximum absolute atomic E-state index is 13.5. The number of hydrogen-bond acceptors (Lipinski definition) is 3. The van der Waals surface area contributed by atoms with Gasteiger partial charge in [-0.15, -0.1) is 0 Å². The van der Waals surface area contributed by atoms with Crippen LogP contribution in [0.1, 0.15) is 12.5 Å². The van der Waals surface area contributed by atoms with Crippen molar-refractivity contribution in [3.05, 3.63) is 103 Å². The van der Waals surface area contributed by atoms with Crippen molar-refractivity contribution >= 4 is 49.1 Å². The highest BCUT2D eigenvalue weighted by Crippen LogP contribution is 2.31. The first-order valence-electron chi connectivity index (χ1n) is 11.8. The van der Waals surface area contributed by atoms with Crippen LogP contribution >= 0.6 is 0 Å². The first-order valence-corrected chi connectivity index (χ1v) is 13.3. The molecule has 1 N–H and O–H groups in total. The minimum atomic E-state index is -3.95.